The number of nitrogens with zero attached hydrogens (tertiary/aromatic N) is 1. The maximum Gasteiger partial charge on any atom is 0.455 e. The first-order valence-electron chi connectivity index (χ1n) is 9.18. The Morgan fingerprint density at radius 3 is 2.09 bits per heavy atom. The van der Waals surface area contributed by atoms with Crippen LogP contribution < -0.4 is 5.56 Å². The zero-order chi connectivity index (χ0) is 21.9. The molecule has 176 valence electrons. The molecule has 0 unspecified atom stereocenters. The molecule has 0 bridgehead atoms. The fourth-order valence-electron chi connectivity index (χ4n) is 3.81. The molecule has 0 aliphatic rings. The Balaban J connectivity index is 0.00000136. The van der Waals surface area contributed by atoms with Gasteiger partial charge in [-0.05, 0) is 24.3 Å². The molecule has 0 aliphatic carbocycles. The number of alkyl halides is 3. The maximum absolute atomic E-state index is 13.2. The van der Waals surface area contributed by atoms with Crippen LogP contribution in [-0.4, -0.2) is 32.6 Å². The molecule has 5 N–H and O–H groups in total. The first-order valence-corrected chi connectivity index (χ1v) is 9.99. The second-order valence-electron chi connectivity index (χ2n) is 6.96. The van der Waals surface area contributed by atoms with Gasteiger partial charge in [0, 0.05) is 66.9 Å². The molecule has 3 aromatic carbocycles. The minimum atomic E-state index is -5.31. The average Bonchev–Trinajstić information content (AvgIpc) is 3.13. The van der Waals surface area contributed by atoms with Gasteiger partial charge in [-0.1, -0.05) is 42.5 Å². The van der Waals surface area contributed by atoms with Crippen molar-refractivity contribution in [1.29, 1.82) is 0 Å². The number of hydrogen-bond acceptors (Lipinski definition) is 4. The van der Waals surface area contributed by atoms with Crippen LogP contribution in [0, 0.1) is 40.4 Å². The number of rotatable bonds is 2. The Kier molecular flexibility index (Phi) is 8.25. The van der Waals surface area contributed by atoms with Gasteiger partial charge in [-0.15, -0.1) is 11.3 Å². The number of fused-ring (bicyclic) bond motifs is 5. The van der Waals surface area contributed by atoms with Crippen molar-refractivity contribution in [2.75, 3.05) is 0 Å². The molecule has 0 radical (unpaired) electrons. The standard InChI is InChI=1S/C23H12F3NO3S.2H2O.Sm/c24-23(25,26)21(29)17-19(28)15-11-10-14-13-8-4-5-9-16(13)31-20(14)18(15)27(22(17)30)12-6-2-1-3-7-12;;;/h1-11,28H;2*1H2;. The van der Waals surface area contributed by atoms with Crippen LogP contribution in [0.3, 0.4) is 0 Å². The van der Waals surface area contributed by atoms with Gasteiger partial charge in [0.2, 0.25) is 0 Å². The number of carbonyl (C=O) groups excluding carboxylic acids is 1. The summed E-state index contributed by atoms with van der Waals surface area (Å²) in [7, 11) is 0. The molecule has 0 aliphatic heterocycles. The van der Waals surface area contributed by atoms with Crippen LogP contribution in [0.15, 0.2) is 71.5 Å². The van der Waals surface area contributed by atoms with Crippen LogP contribution in [0.1, 0.15) is 10.4 Å². The van der Waals surface area contributed by atoms with Crippen molar-refractivity contribution < 1.29 is 74.4 Å². The third kappa shape index (κ3) is 4.24. The molecular weight excluding hydrogens is 610 g/mol. The molecule has 0 saturated carbocycles. The van der Waals surface area contributed by atoms with Crippen molar-refractivity contribution in [2.45, 2.75) is 6.18 Å². The second kappa shape index (κ2) is 10.1. The fraction of sp³-hybridized carbons (Fsp3) is 0.0435. The Morgan fingerprint density at radius 1 is 0.853 bits per heavy atom. The third-order valence-electron chi connectivity index (χ3n) is 5.15. The number of thiophene rings is 1. The number of Topliss-reactive ketones (excluding diaryl/α,β-unsaturated/α-hetero) is 1. The van der Waals surface area contributed by atoms with E-state index in [1.54, 1.807) is 36.4 Å². The summed E-state index contributed by atoms with van der Waals surface area (Å²) in [5, 5.41) is 12.4. The molecule has 0 saturated heterocycles. The van der Waals surface area contributed by atoms with E-state index in [9.17, 15) is 27.9 Å². The monoisotopic (exact) mass is 627 g/mol. The van der Waals surface area contributed by atoms with Gasteiger partial charge in [0.05, 0.1) is 10.2 Å². The number of pyridine rings is 1. The molecule has 2 aromatic heterocycles. The van der Waals surface area contributed by atoms with Crippen LogP contribution in [-0.2, 0) is 0 Å². The van der Waals surface area contributed by atoms with E-state index >= 15 is 0 Å². The first kappa shape index (κ1) is 27.8. The number of benzene rings is 3. The summed E-state index contributed by atoms with van der Waals surface area (Å²) in [6, 6.07) is 18.8. The van der Waals surface area contributed by atoms with Gasteiger partial charge in [-0.2, -0.15) is 13.2 Å². The van der Waals surface area contributed by atoms with Gasteiger partial charge < -0.3 is 16.1 Å². The van der Waals surface area contributed by atoms with Crippen LogP contribution in [0.2, 0.25) is 0 Å². The zero-order valence-corrected chi connectivity index (χ0v) is 20.4. The summed E-state index contributed by atoms with van der Waals surface area (Å²) in [5.41, 5.74) is -1.96. The van der Waals surface area contributed by atoms with E-state index < -0.39 is 28.8 Å². The summed E-state index contributed by atoms with van der Waals surface area (Å²) in [4.78, 5) is 25.3. The van der Waals surface area contributed by atoms with Crippen LogP contribution in [0.4, 0.5) is 13.2 Å². The van der Waals surface area contributed by atoms with Gasteiger partial charge in [0.25, 0.3) is 11.3 Å². The van der Waals surface area contributed by atoms with Crippen LogP contribution >= 0.6 is 11.3 Å². The van der Waals surface area contributed by atoms with E-state index in [4.69, 9.17) is 0 Å². The molecule has 11 heteroatoms. The summed E-state index contributed by atoms with van der Waals surface area (Å²) < 4.78 is 42.3. The number of aromatic hydroxyl groups is 1. The number of ketones is 1. The fourth-order valence-corrected chi connectivity index (χ4v) is 5.05. The molecule has 0 fully saturated rings. The first-order chi connectivity index (χ1) is 14.8. The predicted octanol–water partition coefficient (Wildman–Crippen LogP) is 4.16. The largest absolute Gasteiger partial charge is 0.506 e. The quantitative estimate of drug-likeness (QED) is 0.297. The van der Waals surface area contributed by atoms with E-state index in [0.29, 0.717) is 10.4 Å². The Morgan fingerprint density at radius 2 is 1.44 bits per heavy atom. The molecular formula is C23H16F3NO5SSm. The van der Waals surface area contributed by atoms with Crippen molar-refractivity contribution in [1.82, 2.24) is 4.57 Å². The number of para-hydroxylation sites is 1. The molecule has 5 rings (SSSR count). The topological polar surface area (TPSA) is 122 Å². The molecule has 6 nitrogen and oxygen atoms in total. The van der Waals surface area contributed by atoms with Gasteiger partial charge in [0.15, 0.2) is 0 Å². The van der Waals surface area contributed by atoms with Crippen molar-refractivity contribution in [3.8, 4) is 11.4 Å². The van der Waals surface area contributed by atoms with Crippen LogP contribution in [0.25, 0.3) is 36.8 Å². The van der Waals surface area contributed by atoms with E-state index in [0.717, 1.165) is 20.0 Å². The Bertz CT molecular complexity index is 1580. The predicted molar refractivity (Wildman–Crippen MR) is 122 cm³/mol. The molecule has 5 aromatic rings. The van der Waals surface area contributed by atoms with E-state index in [-0.39, 0.29) is 62.2 Å². The molecule has 0 atom stereocenters. The number of carbonyl (C=O) groups is 1. The normalized spacial score (nSPS) is 11.0. The summed E-state index contributed by atoms with van der Waals surface area (Å²) in [6.07, 6.45) is -5.31. The summed E-state index contributed by atoms with van der Waals surface area (Å²) >= 11 is 1.36. The molecule has 34 heavy (non-hydrogen) atoms. The molecule has 0 amide bonds. The molecule has 0 spiro atoms. The molecule has 2 heterocycles. The number of hydrogen-bond donors (Lipinski definition) is 1. The van der Waals surface area contributed by atoms with E-state index in [1.807, 2.05) is 24.3 Å². The minimum absolute atomic E-state index is 0. The SMILES string of the molecule is O.O.O=C(c1c(O)c2ccc3c4ccccc4sc3c2n(-c2ccccc2)c1=O)C(F)(F)F.[Sm]. The van der Waals surface area contributed by atoms with Gasteiger partial charge in [-0.3, -0.25) is 14.2 Å². The Hall–Kier alpha value is -2.39. The van der Waals surface area contributed by atoms with Crippen molar-refractivity contribution in [2.24, 2.45) is 0 Å². The average molecular weight is 626 g/mol. The van der Waals surface area contributed by atoms with Gasteiger partial charge in [0.1, 0.15) is 11.3 Å². The Labute approximate surface area is 226 Å². The van der Waals surface area contributed by atoms with Crippen molar-refractivity contribution in [3.05, 3.63) is 82.6 Å². The van der Waals surface area contributed by atoms with Gasteiger partial charge in [-0.25, -0.2) is 0 Å². The van der Waals surface area contributed by atoms with E-state index in [1.165, 1.54) is 17.4 Å². The van der Waals surface area contributed by atoms with Gasteiger partial charge >= 0.3 is 6.18 Å². The summed E-state index contributed by atoms with van der Waals surface area (Å²) in [5.74, 6) is -3.34. The third-order valence-corrected chi connectivity index (χ3v) is 6.35. The van der Waals surface area contributed by atoms with Crippen LogP contribution in [0.5, 0.6) is 5.75 Å². The van der Waals surface area contributed by atoms with Crippen molar-refractivity contribution in [3.63, 3.8) is 0 Å². The van der Waals surface area contributed by atoms with E-state index in [2.05, 4.69) is 0 Å². The minimum Gasteiger partial charge on any atom is -0.506 e. The number of aromatic nitrogens is 1. The smallest absolute Gasteiger partial charge is 0.455 e. The summed E-state index contributed by atoms with van der Waals surface area (Å²) in [6.45, 7) is 0. The number of halogens is 3. The zero-order valence-electron chi connectivity index (χ0n) is 17.0. The maximum atomic E-state index is 13.2. The second-order valence-corrected chi connectivity index (χ2v) is 8.02. The van der Waals surface area contributed by atoms with Crippen molar-refractivity contribution >= 4 is 48.2 Å².